The van der Waals surface area contributed by atoms with Gasteiger partial charge in [0.25, 0.3) is 0 Å². The molecule has 6 heteroatoms. The van der Waals surface area contributed by atoms with Crippen LogP contribution in [-0.4, -0.2) is 46.7 Å². The molecule has 0 radical (unpaired) electrons. The molecule has 3 aromatic carbocycles. The number of benzene rings is 3. The van der Waals surface area contributed by atoms with Crippen molar-refractivity contribution in [3.63, 3.8) is 0 Å². The van der Waals surface area contributed by atoms with Crippen LogP contribution in [0.2, 0.25) is 0 Å². The Morgan fingerprint density at radius 2 is 1.84 bits per heavy atom. The number of amides is 1. The predicted molar refractivity (Wildman–Crippen MR) is 121 cm³/mol. The van der Waals surface area contributed by atoms with Crippen molar-refractivity contribution in [3.8, 4) is 16.8 Å². The zero-order valence-electron chi connectivity index (χ0n) is 17.2. The molecule has 2 heterocycles. The fourth-order valence-corrected chi connectivity index (χ4v) is 4.13. The molecule has 1 fully saturated rings. The van der Waals surface area contributed by atoms with E-state index in [1.54, 1.807) is 18.5 Å². The van der Waals surface area contributed by atoms with Gasteiger partial charge < -0.3 is 10.5 Å². The maximum atomic E-state index is 11.5. The molecule has 0 bridgehead atoms. The molecule has 6 nitrogen and oxygen atoms in total. The molecule has 0 atom stereocenters. The summed E-state index contributed by atoms with van der Waals surface area (Å²) in [4.78, 5) is 18.4. The van der Waals surface area contributed by atoms with E-state index in [0.717, 1.165) is 55.1 Å². The molecule has 1 amide bonds. The molecule has 5 rings (SSSR count). The number of morpholine rings is 1. The summed E-state index contributed by atoms with van der Waals surface area (Å²) >= 11 is 0. The average molecular weight is 412 g/mol. The Kier molecular flexibility index (Phi) is 5.24. The summed E-state index contributed by atoms with van der Waals surface area (Å²) in [5.74, 6) is -0.449. The second-order valence-electron chi connectivity index (χ2n) is 7.78. The van der Waals surface area contributed by atoms with Gasteiger partial charge >= 0.3 is 0 Å². The Labute approximate surface area is 180 Å². The van der Waals surface area contributed by atoms with E-state index in [0.29, 0.717) is 5.56 Å². The largest absolute Gasteiger partial charge is 0.379 e. The Hall–Kier alpha value is -3.48. The zero-order valence-corrected chi connectivity index (χ0v) is 17.2. The number of imidazole rings is 1. The Balaban J connectivity index is 1.50. The van der Waals surface area contributed by atoms with E-state index in [2.05, 4.69) is 58.4 Å². The van der Waals surface area contributed by atoms with Crippen LogP contribution in [0.3, 0.4) is 0 Å². The highest BCUT2D eigenvalue weighted by molar-refractivity contribution is 5.96. The van der Waals surface area contributed by atoms with Gasteiger partial charge in [0, 0.05) is 30.9 Å². The van der Waals surface area contributed by atoms with Crippen LogP contribution in [0.4, 0.5) is 0 Å². The van der Waals surface area contributed by atoms with Crippen molar-refractivity contribution >= 4 is 16.9 Å². The fraction of sp³-hybridized carbons (Fsp3) is 0.200. The van der Waals surface area contributed by atoms with Crippen LogP contribution in [0.15, 0.2) is 73.1 Å². The number of carbonyl (C=O) groups excluding carboxylic acids is 1. The number of primary amides is 1. The third kappa shape index (κ3) is 3.95. The van der Waals surface area contributed by atoms with Gasteiger partial charge in [0.2, 0.25) is 5.91 Å². The molecule has 1 aromatic heterocycles. The van der Waals surface area contributed by atoms with Crippen molar-refractivity contribution in [3.05, 3.63) is 84.2 Å². The SMILES string of the molecule is NC(=O)c1ccc2c(c1)ncn2-c1cccc(-c2ccccc2CN2CCOCC2)c1. The van der Waals surface area contributed by atoms with Crippen LogP contribution in [0.25, 0.3) is 27.8 Å². The van der Waals surface area contributed by atoms with Crippen LogP contribution in [0.1, 0.15) is 15.9 Å². The minimum Gasteiger partial charge on any atom is -0.379 e. The highest BCUT2D eigenvalue weighted by atomic mass is 16.5. The number of fused-ring (bicyclic) bond motifs is 1. The summed E-state index contributed by atoms with van der Waals surface area (Å²) in [5, 5.41) is 0. The molecular formula is C25H24N4O2. The normalized spacial score (nSPS) is 14.7. The molecule has 0 aliphatic carbocycles. The maximum Gasteiger partial charge on any atom is 0.248 e. The Bertz CT molecular complexity index is 1240. The van der Waals surface area contributed by atoms with E-state index in [-0.39, 0.29) is 0 Å². The zero-order chi connectivity index (χ0) is 21.2. The number of nitrogens with zero attached hydrogens (tertiary/aromatic N) is 3. The molecule has 0 spiro atoms. The average Bonchev–Trinajstić information content (AvgIpc) is 3.23. The van der Waals surface area contributed by atoms with Crippen molar-refractivity contribution in [2.45, 2.75) is 6.54 Å². The number of hydrogen-bond acceptors (Lipinski definition) is 4. The molecule has 2 N–H and O–H groups in total. The van der Waals surface area contributed by atoms with Gasteiger partial charge in [0.1, 0.15) is 6.33 Å². The van der Waals surface area contributed by atoms with E-state index in [1.165, 1.54) is 11.1 Å². The predicted octanol–water partition coefficient (Wildman–Crippen LogP) is 3.62. The first-order chi connectivity index (χ1) is 15.2. The van der Waals surface area contributed by atoms with Crippen LogP contribution in [0, 0.1) is 0 Å². The van der Waals surface area contributed by atoms with Crippen LogP contribution >= 0.6 is 0 Å². The lowest BCUT2D eigenvalue weighted by Gasteiger charge is -2.27. The third-order valence-corrected chi connectivity index (χ3v) is 5.78. The summed E-state index contributed by atoms with van der Waals surface area (Å²) in [5.41, 5.74) is 12.3. The lowest BCUT2D eigenvalue weighted by molar-refractivity contribution is 0.0342. The molecular weight excluding hydrogens is 388 g/mol. The highest BCUT2D eigenvalue weighted by Gasteiger charge is 2.14. The van der Waals surface area contributed by atoms with Gasteiger partial charge in [0.15, 0.2) is 0 Å². The lowest BCUT2D eigenvalue weighted by Crippen LogP contribution is -2.35. The van der Waals surface area contributed by atoms with Gasteiger partial charge in [-0.25, -0.2) is 4.98 Å². The van der Waals surface area contributed by atoms with E-state index in [9.17, 15) is 4.79 Å². The topological polar surface area (TPSA) is 73.4 Å². The fourth-order valence-electron chi connectivity index (χ4n) is 4.13. The number of rotatable bonds is 5. The van der Waals surface area contributed by atoms with Gasteiger partial charge in [-0.15, -0.1) is 0 Å². The first-order valence-corrected chi connectivity index (χ1v) is 10.4. The molecule has 0 unspecified atom stereocenters. The molecule has 1 saturated heterocycles. The smallest absolute Gasteiger partial charge is 0.248 e. The summed E-state index contributed by atoms with van der Waals surface area (Å²) < 4.78 is 7.52. The molecule has 4 aromatic rings. The summed E-state index contributed by atoms with van der Waals surface area (Å²) in [6.07, 6.45) is 1.79. The van der Waals surface area contributed by atoms with Crippen molar-refractivity contribution in [2.24, 2.45) is 5.73 Å². The number of aromatic nitrogens is 2. The van der Waals surface area contributed by atoms with E-state index in [1.807, 2.05) is 10.6 Å². The van der Waals surface area contributed by atoms with Crippen molar-refractivity contribution in [1.82, 2.24) is 14.5 Å². The maximum absolute atomic E-state index is 11.5. The second-order valence-corrected chi connectivity index (χ2v) is 7.78. The van der Waals surface area contributed by atoms with Gasteiger partial charge in [-0.2, -0.15) is 0 Å². The molecule has 31 heavy (non-hydrogen) atoms. The molecule has 1 aliphatic rings. The Morgan fingerprint density at radius 1 is 1.00 bits per heavy atom. The van der Waals surface area contributed by atoms with Crippen molar-refractivity contribution in [2.75, 3.05) is 26.3 Å². The van der Waals surface area contributed by atoms with Gasteiger partial charge in [-0.1, -0.05) is 36.4 Å². The highest BCUT2D eigenvalue weighted by Crippen LogP contribution is 2.28. The number of nitrogens with two attached hydrogens (primary N) is 1. The van der Waals surface area contributed by atoms with Crippen LogP contribution in [-0.2, 0) is 11.3 Å². The van der Waals surface area contributed by atoms with Crippen LogP contribution in [0.5, 0.6) is 0 Å². The van der Waals surface area contributed by atoms with Crippen LogP contribution < -0.4 is 5.73 Å². The standard InChI is InChI=1S/C25H24N4O2/c26-25(30)19-8-9-24-23(15-19)27-17-29(24)21-6-3-5-18(14-21)22-7-2-1-4-20(22)16-28-10-12-31-13-11-28/h1-9,14-15,17H,10-13,16H2,(H2,26,30). The number of hydrogen-bond donors (Lipinski definition) is 1. The molecule has 1 aliphatic heterocycles. The van der Waals surface area contributed by atoms with Gasteiger partial charge in [-0.3, -0.25) is 14.3 Å². The summed E-state index contributed by atoms with van der Waals surface area (Å²) in [6.45, 7) is 4.42. The quantitative estimate of drug-likeness (QED) is 0.543. The molecule has 0 saturated carbocycles. The Morgan fingerprint density at radius 3 is 2.68 bits per heavy atom. The number of ether oxygens (including phenoxy) is 1. The van der Waals surface area contributed by atoms with Gasteiger partial charge in [0.05, 0.1) is 24.2 Å². The van der Waals surface area contributed by atoms with E-state index in [4.69, 9.17) is 10.5 Å². The first-order valence-electron chi connectivity index (χ1n) is 10.4. The first kappa shape index (κ1) is 19.5. The number of carbonyl (C=O) groups is 1. The minimum atomic E-state index is -0.449. The lowest BCUT2D eigenvalue weighted by atomic mass is 9.98. The molecule has 156 valence electrons. The third-order valence-electron chi connectivity index (χ3n) is 5.78. The van der Waals surface area contributed by atoms with Crippen molar-refractivity contribution in [1.29, 1.82) is 0 Å². The monoisotopic (exact) mass is 412 g/mol. The van der Waals surface area contributed by atoms with Gasteiger partial charge in [-0.05, 0) is 47.0 Å². The summed E-state index contributed by atoms with van der Waals surface area (Å²) in [7, 11) is 0. The summed E-state index contributed by atoms with van der Waals surface area (Å²) in [6, 6.07) is 22.4. The minimum absolute atomic E-state index is 0.449. The second kappa shape index (κ2) is 8.34. The van der Waals surface area contributed by atoms with E-state index >= 15 is 0 Å². The van der Waals surface area contributed by atoms with Crippen molar-refractivity contribution < 1.29 is 9.53 Å². The van der Waals surface area contributed by atoms with E-state index < -0.39 is 5.91 Å².